The van der Waals surface area contributed by atoms with Gasteiger partial charge in [-0.3, -0.25) is 9.59 Å². The van der Waals surface area contributed by atoms with E-state index in [2.05, 4.69) is 19.6 Å². The third kappa shape index (κ3) is 8.15. The summed E-state index contributed by atoms with van der Waals surface area (Å²) in [4.78, 5) is 24.1. The topological polar surface area (TPSA) is 93.1 Å². The minimum atomic E-state index is -1.27. The summed E-state index contributed by atoms with van der Waals surface area (Å²) in [5, 5.41) is 20.3. The predicted molar refractivity (Wildman–Crippen MR) is 112 cm³/mol. The van der Waals surface area contributed by atoms with E-state index in [0.717, 1.165) is 24.0 Å². The van der Waals surface area contributed by atoms with Gasteiger partial charge in [0.05, 0.1) is 24.7 Å². The fraction of sp³-hybridized carbons (Fsp3) is 0.652. The Labute approximate surface area is 174 Å². The molecule has 29 heavy (non-hydrogen) atoms. The van der Waals surface area contributed by atoms with Crippen molar-refractivity contribution in [1.82, 2.24) is 0 Å². The Bertz CT molecular complexity index is 653. The summed E-state index contributed by atoms with van der Waals surface area (Å²) in [5.74, 6) is -1.62. The molecule has 0 amide bonds. The van der Waals surface area contributed by atoms with E-state index in [1.54, 1.807) is 6.08 Å². The molecule has 0 aliphatic heterocycles. The van der Waals surface area contributed by atoms with E-state index < -0.39 is 23.6 Å². The van der Waals surface area contributed by atoms with Gasteiger partial charge >= 0.3 is 11.9 Å². The molecular formula is C23H36O6. The van der Waals surface area contributed by atoms with E-state index in [9.17, 15) is 19.8 Å². The summed E-state index contributed by atoms with van der Waals surface area (Å²) in [6, 6.07) is 0. The van der Waals surface area contributed by atoms with E-state index in [-0.39, 0.29) is 24.9 Å². The van der Waals surface area contributed by atoms with Crippen LogP contribution in [0, 0.1) is 11.8 Å². The van der Waals surface area contributed by atoms with Crippen LogP contribution in [0.3, 0.4) is 0 Å². The first-order chi connectivity index (χ1) is 13.5. The van der Waals surface area contributed by atoms with Crippen LogP contribution in [0.15, 0.2) is 35.5 Å². The molecule has 6 heteroatoms. The summed E-state index contributed by atoms with van der Waals surface area (Å²) in [6.45, 7) is 10.6. The molecule has 1 unspecified atom stereocenters. The highest BCUT2D eigenvalue weighted by Crippen LogP contribution is 2.36. The van der Waals surface area contributed by atoms with Crippen LogP contribution < -0.4 is 0 Å². The Kier molecular flexibility index (Phi) is 9.80. The van der Waals surface area contributed by atoms with Gasteiger partial charge in [0.1, 0.15) is 6.61 Å². The first-order valence-electron chi connectivity index (χ1n) is 10.1. The number of allylic oxidation sites excluding steroid dienone is 2. The molecular weight excluding hydrogens is 372 g/mol. The molecule has 0 aromatic rings. The van der Waals surface area contributed by atoms with E-state index in [1.807, 2.05) is 0 Å². The summed E-state index contributed by atoms with van der Waals surface area (Å²) < 4.78 is 10.3. The van der Waals surface area contributed by atoms with E-state index in [4.69, 9.17) is 9.47 Å². The molecule has 6 nitrogen and oxygen atoms in total. The average molecular weight is 409 g/mol. The maximum Gasteiger partial charge on any atom is 0.313 e. The van der Waals surface area contributed by atoms with Crippen molar-refractivity contribution >= 4 is 11.9 Å². The number of ether oxygens (including phenoxy) is 2. The lowest BCUT2D eigenvalue weighted by Crippen LogP contribution is -2.35. The first-order valence-corrected chi connectivity index (χ1v) is 10.1. The van der Waals surface area contributed by atoms with Gasteiger partial charge in [-0.25, -0.2) is 0 Å². The van der Waals surface area contributed by atoms with Gasteiger partial charge in [0.2, 0.25) is 0 Å². The summed E-state index contributed by atoms with van der Waals surface area (Å²) in [7, 11) is 1.36. The fourth-order valence-corrected chi connectivity index (χ4v) is 3.51. The third-order valence-corrected chi connectivity index (χ3v) is 5.44. The molecule has 0 aromatic heterocycles. The number of carbonyl (C=O) groups excluding carboxylic acids is 2. The molecule has 0 bridgehead atoms. The molecule has 1 aliphatic carbocycles. The van der Waals surface area contributed by atoms with Crippen molar-refractivity contribution in [3.8, 4) is 0 Å². The Balaban J connectivity index is 3.33. The summed E-state index contributed by atoms with van der Waals surface area (Å²) >= 11 is 0. The van der Waals surface area contributed by atoms with Gasteiger partial charge in [-0.1, -0.05) is 29.9 Å². The average Bonchev–Trinajstić information content (AvgIpc) is 2.69. The number of methoxy groups -OCH3 is 1. The van der Waals surface area contributed by atoms with Crippen molar-refractivity contribution in [2.24, 2.45) is 11.8 Å². The molecule has 0 heterocycles. The van der Waals surface area contributed by atoms with E-state index in [0.29, 0.717) is 12.8 Å². The molecule has 0 saturated heterocycles. The highest BCUT2D eigenvalue weighted by atomic mass is 16.5. The minimum absolute atomic E-state index is 0.0160. The van der Waals surface area contributed by atoms with Crippen molar-refractivity contribution in [2.75, 3.05) is 13.7 Å². The Hall–Kier alpha value is -1.92. The maximum atomic E-state index is 12.7. The lowest BCUT2D eigenvalue weighted by Gasteiger charge is -2.30. The molecule has 0 aromatic carbocycles. The number of hydrogen-bond acceptors (Lipinski definition) is 6. The zero-order chi connectivity index (χ0) is 22.2. The van der Waals surface area contributed by atoms with Crippen molar-refractivity contribution in [3.05, 3.63) is 35.5 Å². The second kappa shape index (κ2) is 11.3. The van der Waals surface area contributed by atoms with Crippen LogP contribution in [0.25, 0.3) is 0 Å². The van der Waals surface area contributed by atoms with Gasteiger partial charge in [0.25, 0.3) is 0 Å². The maximum absolute atomic E-state index is 12.7. The number of esters is 2. The minimum Gasteiger partial charge on any atom is -0.469 e. The van der Waals surface area contributed by atoms with Gasteiger partial charge in [-0.15, -0.1) is 0 Å². The highest BCUT2D eigenvalue weighted by Gasteiger charge is 2.35. The Morgan fingerprint density at radius 3 is 2.59 bits per heavy atom. The zero-order valence-electron chi connectivity index (χ0n) is 18.4. The van der Waals surface area contributed by atoms with Crippen molar-refractivity contribution in [3.63, 3.8) is 0 Å². The number of hydrogen-bond donors (Lipinski definition) is 2. The predicted octanol–water partition coefficient (Wildman–Crippen LogP) is 3.48. The normalized spacial score (nSPS) is 24.4. The van der Waals surface area contributed by atoms with Crippen LogP contribution in [0.2, 0.25) is 0 Å². The van der Waals surface area contributed by atoms with Crippen LogP contribution in [0.5, 0.6) is 0 Å². The molecule has 0 radical (unpaired) electrons. The second-order valence-electron chi connectivity index (χ2n) is 8.36. The third-order valence-electron chi connectivity index (χ3n) is 5.44. The quantitative estimate of drug-likeness (QED) is 0.495. The van der Waals surface area contributed by atoms with Gasteiger partial charge in [-0.2, -0.15) is 0 Å². The standard InChI is InChI=1S/C23H36O6/c1-15-8-7-9-16(2)21(22(26)28-6)19(12-10-15)18(14-29-17(3)24)11-13-20(25)23(4,5)27/h8,11,19-21,25,27H,2,7,9-10,12-14H2,1,3-6H3/b15-8-,18-11?/t19-,20?,21+/m1/s1. The number of aliphatic hydroxyl groups excluding tert-OH is 1. The van der Waals surface area contributed by atoms with E-state index >= 15 is 0 Å². The lowest BCUT2D eigenvalue weighted by atomic mass is 9.77. The largest absolute Gasteiger partial charge is 0.469 e. The van der Waals surface area contributed by atoms with Gasteiger partial charge in [0.15, 0.2) is 0 Å². The van der Waals surface area contributed by atoms with Crippen LogP contribution >= 0.6 is 0 Å². The van der Waals surface area contributed by atoms with Crippen LogP contribution in [-0.2, 0) is 19.1 Å². The number of rotatable bonds is 7. The second-order valence-corrected chi connectivity index (χ2v) is 8.36. The van der Waals surface area contributed by atoms with Gasteiger partial charge in [0, 0.05) is 12.8 Å². The fourth-order valence-electron chi connectivity index (χ4n) is 3.51. The molecule has 3 atom stereocenters. The van der Waals surface area contributed by atoms with Crippen LogP contribution in [0.4, 0.5) is 0 Å². The Morgan fingerprint density at radius 2 is 2.03 bits per heavy atom. The highest BCUT2D eigenvalue weighted by molar-refractivity contribution is 5.76. The van der Waals surface area contributed by atoms with Gasteiger partial charge < -0.3 is 19.7 Å². The number of carbonyl (C=O) groups is 2. The molecule has 2 N–H and O–H groups in total. The first kappa shape index (κ1) is 25.1. The smallest absolute Gasteiger partial charge is 0.313 e. The molecule has 1 aliphatic rings. The lowest BCUT2D eigenvalue weighted by molar-refractivity contribution is -0.145. The van der Waals surface area contributed by atoms with Crippen molar-refractivity contribution in [1.29, 1.82) is 0 Å². The van der Waals surface area contributed by atoms with E-state index in [1.165, 1.54) is 33.5 Å². The summed E-state index contributed by atoms with van der Waals surface area (Å²) in [6.07, 6.45) is 6.04. The van der Waals surface area contributed by atoms with Crippen molar-refractivity contribution < 1.29 is 29.3 Å². The monoisotopic (exact) mass is 408 g/mol. The Morgan fingerprint density at radius 1 is 1.38 bits per heavy atom. The van der Waals surface area contributed by atoms with Gasteiger partial charge in [-0.05, 0) is 58.4 Å². The molecule has 0 spiro atoms. The summed E-state index contributed by atoms with van der Waals surface area (Å²) in [5.41, 5.74) is 1.47. The van der Waals surface area contributed by atoms with Crippen LogP contribution in [-0.4, -0.2) is 47.6 Å². The van der Waals surface area contributed by atoms with Crippen LogP contribution in [0.1, 0.15) is 59.8 Å². The zero-order valence-corrected chi connectivity index (χ0v) is 18.4. The SMILES string of the molecule is C=C1CC/C=C(/C)CC[C@H](C(=CCC(O)C(C)(C)O)COC(C)=O)[C@H]1C(=O)OC. The molecule has 164 valence electrons. The van der Waals surface area contributed by atoms with Crippen molar-refractivity contribution in [2.45, 2.75) is 71.5 Å². The number of aliphatic hydroxyl groups is 2. The molecule has 1 rings (SSSR count). The molecule has 0 saturated carbocycles. The molecule has 0 fully saturated rings.